The number of aryl methyl sites for hydroxylation is 1. The zero-order chi connectivity index (χ0) is 13.0. The van der Waals surface area contributed by atoms with Gasteiger partial charge in [-0.05, 0) is 38.1 Å². The van der Waals surface area contributed by atoms with E-state index in [9.17, 15) is 0 Å². The van der Waals surface area contributed by atoms with Crippen LogP contribution in [0.4, 0.5) is 0 Å². The van der Waals surface area contributed by atoms with Gasteiger partial charge < -0.3 is 9.15 Å². The van der Waals surface area contributed by atoms with Gasteiger partial charge in [-0.15, -0.1) is 11.6 Å². The molecule has 0 radical (unpaired) electrons. The average Bonchev–Trinajstić information content (AvgIpc) is 2.78. The number of ether oxygens (including phenoxy) is 1. The SMILES string of the molecule is CC(C)Oc1ccc(-c2cnc(CCCl)o2)cc1. The molecule has 1 heterocycles. The summed E-state index contributed by atoms with van der Waals surface area (Å²) in [6.07, 6.45) is 2.55. The third-order valence-electron chi connectivity index (χ3n) is 2.37. The zero-order valence-electron chi connectivity index (χ0n) is 10.5. The molecule has 0 fully saturated rings. The molecular weight excluding hydrogens is 250 g/mol. The van der Waals surface area contributed by atoms with E-state index < -0.39 is 0 Å². The molecule has 0 aliphatic rings. The summed E-state index contributed by atoms with van der Waals surface area (Å²) in [4.78, 5) is 4.17. The smallest absolute Gasteiger partial charge is 0.196 e. The van der Waals surface area contributed by atoms with Crippen molar-refractivity contribution in [3.8, 4) is 17.1 Å². The minimum absolute atomic E-state index is 0.177. The maximum atomic E-state index is 5.64. The minimum Gasteiger partial charge on any atom is -0.491 e. The van der Waals surface area contributed by atoms with Crippen molar-refractivity contribution in [2.45, 2.75) is 26.4 Å². The molecule has 2 aromatic rings. The molecule has 0 aliphatic carbocycles. The molecule has 18 heavy (non-hydrogen) atoms. The lowest BCUT2D eigenvalue weighted by molar-refractivity contribution is 0.242. The number of hydrogen-bond donors (Lipinski definition) is 0. The van der Waals surface area contributed by atoms with Crippen LogP contribution >= 0.6 is 11.6 Å². The van der Waals surface area contributed by atoms with E-state index in [4.69, 9.17) is 20.8 Å². The van der Waals surface area contributed by atoms with Gasteiger partial charge in [0.05, 0.1) is 12.3 Å². The van der Waals surface area contributed by atoms with E-state index in [1.54, 1.807) is 6.20 Å². The van der Waals surface area contributed by atoms with Gasteiger partial charge in [-0.2, -0.15) is 0 Å². The molecule has 3 nitrogen and oxygen atoms in total. The number of aromatic nitrogens is 1. The zero-order valence-corrected chi connectivity index (χ0v) is 11.3. The van der Waals surface area contributed by atoms with Crippen molar-refractivity contribution < 1.29 is 9.15 Å². The van der Waals surface area contributed by atoms with Gasteiger partial charge in [0.15, 0.2) is 11.7 Å². The van der Waals surface area contributed by atoms with Crippen molar-refractivity contribution in [1.82, 2.24) is 4.98 Å². The van der Waals surface area contributed by atoms with Crippen LogP contribution in [0, 0.1) is 0 Å². The van der Waals surface area contributed by atoms with Crippen molar-refractivity contribution in [1.29, 1.82) is 0 Å². The summed E-state index contributed by atoms with van der Waals surface area (Å²) in [5, 5.41) is 0. The monoisotopic (exact) mass is 265 g/mol. The van der Waals surface area contributed by atoms with Gasteiger partial charge in [-0.25, -0.2) is 4.98 Å². The Morgan fingerprint density at radius 2 is 2.00 bits per heavy atom. The van der Waals surface area contributed by atoms with Gasteiger partial charge in [0.25, 0.3) is 0 Å². The fourth-order valence-electron chi connectivity index (χ4n) is 1.61. The number of benzene rings is 1. The van der Waals surface area contributed by atoms with Crippen LogP contribution in [-0.4, -0.2) is 17.0 Å². The molecule has 4 heteroatoms. The van der Waals surface area contributed by atoms with Crippen molar-refractivity contribution in [3.05, 3.63) is 36.4 Å². The number of nitrogens with zero attached hydrogens (tertiary/aromatic N) is 1. The molecule has 96 valence electrons. The van der Waals surface area contributed by atoms with Crippen LogP contribution in [0.3, 0.4) is 0 Å². The third kappa shape index (κ3) is 3.26. The molecular formula is C14H16ClNO2. The summed E-state index contributed by atoms with van der Waals surface area (Å²) in [6.45, 7) is 4.01. The molecule has 0 atom stereocenters. The molecule has 0 unspecified atom stereocenters. The topological polar surface area (TPSA) is 35.3 Å². The second-order valence-corrected chi connectivity index (χ2v) is 4.63. The van der Waals surface area contributed by atoms with Crippen molar-refractivity contribution in [2.75, 3.05) is 5.88 Å². The van der Waals surface area contributed by atoms with Gasteiger partial charge in [-0.3, -0.25) is 0 Å². The van der Waals surface area contributed by atoms with Gasteiger partial charge in [0, 0.05) is 17.9 Å². The summed E-state index contributed by atoms with van der Waals surface area (Å²) < 4.78 is 11.2. The van der Waals surface area contributed by atoms with Gasteiger partial charge in [0.2, 0.25) is 0 Å². The van der Waals surface area contributed by atoms with Gasteiger partial charge >= 0.3 is 0 Å². The normalized spacial score (nSPS) is 10.9. The van der Waals surface area contributed by atoms with Crippen molar-refractivity contribution >= 4 is 11.6 Å². The highest BCUT2D eigenvalue weighted by Gasteiger charge is 2.06. The highest BCUT2D eigenvalue weighted by atomic mass is 35.5. The Morgan fingerprint density at radius 1 is 1.28 bits per heavy atom. The summed E-state index contributed by atoms with van der Waals surface area (Å²) in [5.74, 6) is 2.80. The Kier molecular flexibility index (Phi) is 4.26. The predicted molar refractivity (Wildman–Crippen MR) is 72.1 cm³/mol. The van der Waals surface area contributed by atoms with Gasteiger partial charge in [-0.1, -0.05) is 0 Å². The molecule has 0 aliphatic heterocycles. The molecule has 0 saturated heterocycles. The van der Waals surface area contributed by atoms with E-state index in [0.717, 1.165) is 17.1 Å². The van der Waals surface area contributed by atoms with E-state index in [1.165, 1.54) is 0 Å². The minimum atomic E-state index is 0.177. The van der Waals surface area contributed by atoms with Crippen LogP contribution < -0.4 is 4.74 Å². The summed E-state index contributed by atoms with van der Waals surface area (Å²) in [6, 6.07) is 7.78. The summed E-state index contributed by atoms with van der Waals surface area (Å²) >= 11 is 5.64. The fourth-order valence-corrected chi connectivity index (χ4v) is 1.77. The van der Waals surface area contributed by atoms with E-state index in [-0.39, 0.29) is 6.10 Å². The van der Waals surface area contributed by atoms with Crippen LogP contribution in [0.2, 0.25) is 0 Å². The number of hydrogen-bond acceptors (Lipinski definition) is 3. The fraction of sp³-hybridized carbons (Fsp3) is 0.357. The van der Waals surface area contributed by atoms with Crippen LogP contribution in [0.5, 0.6) is 5.75 Å². The van der Waals surface area contributed by atoms with E-state index >= 15 is 0 Å². The molecule has 0 N–H and O–H groups in total. The molecule has 0 amide bonds. The predicted octanol–water partition coefficient (Wildman–Crippen LogP) is 3.91. The second kappa shape index (κ2) is 5.91. The number of rotatable bonds is 5. The Balaban J connectivity index is 2.12. The molecule has 0 bridgehead atoms. The maximum Gasteiger partial charge on any atom is 0.196 e. The van der Waals surface area contributed by atoms with Crippen molar-refractivity contribution in [3.63, 3.8) is 0 Å². The Labute approximate surface area is 112 Å². The Hall–Kier alpha value is -1.48. The van der Waals surface area contributed by atoms with Gasteiger partial charge in [0.1, 0.15) is 5.75 Å². The largest absolute Gasteiger partial charge is 0.491 e. The van der Waals surface area contributed by atoms with E-state index in [0.29, 0.717) is 18.2 Å². The first-order chi connectivity index (χ1) is 8.69. The van der Waals surface area contributed by atoms with Crippen LogP contribution in [0.1, 0.15) is 19.7 Å². The first-order valence-electron chi connectivity index (χ1n) is 5.97. The number of halogens is 1. The third-order valence-corrected chi connectivity index (χ3v) is 2.56. The van der Waals surface area contributed by atoms with Crippen molar-refractivity contribution in [2.24, 2.45) is 0 Å². The summed E-state index contributed by atoms with van der Waals surface area (Å²) in [7, 11) is 0. The number of alkyl halides is 1. The van der Waals surface area contributed by atoms with E-state index in [1.807, 2.05) is 38.1 Å². The number of oxazole rings is 1. The Bertz CT molecular complexity index is 491. The molecule has 1 aromatic carbocycles. The average molecular weight is 266 g/mol. The maximum absolute atomic E-state index is 5.64. The quantitative estimate of drug-likeness (QED) is 0.769. The van der Waals surface area contributed by atoms with Crippen LogP contribution in [0.25, 0.3) is 11.3 Å². The standard InChI is InChI=1S/C14H16ClNO2/c1-10(2)17-12-5-3-11(4-6-12)13-9-16-14(18-13)7-8-15/h3-6,9-10H,7-8H2,1-2H3. The lowest BCUT2D eigenvalue weighted by Gasteiger charge is -2.09. The Morgan fingerprint density at radius 3 is 2.61 bits per heavy atom. The molecule has 0 spiro atoms. The summed E-state index contributed by atoms with van der Waals surface area (Å²) in [5.41, 5.74) is 0.986. The molecule has 2 rings (SSSR count). The first-order valence-corrected chi connectivity index (χ1v) is 6.50. The highest BCUT2D eigenvalue weighted by molar-refractivity contribution is 6.17. The first kappa shape index (κ1) is 13.0. The molecule has 1 aromatic heterocycles. The highest BCUT2D eigenvalue weighted by Crippen LogP contribution is 2.23. The lowest BCUT2D eigenvalue weighted by atomic mass is 10.2. The second-order valence-electron chi connectivity index (χ2n) is 4.25. The van der Waals surface area contributed by atoms with E-state index in [2.05, 4.69) is 4.98 Å². The molecule has 0 saturated carbocycles. The van der Waals surface area contributed by atoms with Crippen LogP contribution in [-0.2, 0) is 6.42 Å². The lowest BCUT2D eigenvalue weighted by Crippen LogP contribution is -2.05. The van der Waals surface area contributed by atoms with Crippen LogP contribution in [0.15, 0.2) is 34.9 Å².